The third-order valence-electron chi connectivity index (χ3n) is 4.92. The summed E-state index contributed by atoms with van der Waals surface area (Å²) < 4.78 is 11.2. The standard InChI is InChI=1S/C24H23N3O4/c1-3-5-14-30-16-12-10-15(11-13-16)22-26-21-17-8-6-7-9-18(17)31-24(29)20(21)23(27-22)25-19(28)4-2/h6-13H,3-5,14H2,1-2H3,(H,25,26,27,28). The Hall–Kier alpha value is -3.74. The van der Waals surface area contributed by atoms with Crippen LogP contribution in [0.4, 0.5) is 5.82 Å². The zero-order chi connectivity index (χ0) is 21.8. The Morgan fingerprint density at radius 3 is 2.58 bits per heavy atom. The molecule has 0 saturated carbocycles. The van der Waals surface area contributed by atoms with Crippen LogP contribution >= 0.6 is 0 Å². The fourth-order valence-electron chi connectivity index (χ4n) is 3.23. The van der Waals surface area contributed by atoms with Gasteiger partial charge in [0.25, 0.3) is 0 Å². The molecule has 0 unspecified atom stereocenters. The molecular formula is C24H23N3O4. The number of hydrogen-bond acceptors (Lipinski definition) is 6. The summed E-state index contributed by atoms with van der Waals surface area (Å²) in [5, 5.41) is 3.55. The third kappa shape index (κ3) is 4.26. The Kier molecular flexibility index (Phi) is 5.93. The van der Waals surface area contributed by atoms with Crippen LogP contribution in [0.1, 0.15) is 33.1 Å². The van der Waals surface area contributed by atoms with E-state index in [1.807, 2.05) is 36.4 Å². The van der Waals surface area contributed by atoms with Crippen LogP contribution in [0.25, 0.3) is 33.3 Å². The number of unbranched alkanes of at least 4 members (excludes halogenated alkanes) is 1. The molecule has 0 spiro atoms. The van der Waals surface area contributed by atoms with Crippen molar-refractivity contribution in [1.29, 1.82) is 0 Å². The van der Waals surface area contributed by atoms with Crippen molar-refractivity contribution in [3.8, 4) is 17.1 Å². The highest BCUT2D eigenvalue weighted by atomic mass is 16.5. The molecule has 158 valence electrons. The van der Waals surface area contributed by atoms with Crippen molar-refractivity contribution in [2.75, 3.05) is 11.9 Å². The second kappa shape index (κ2) is 8.95. The number of nitrogens with zero attached hydrogens (tertiary/aromatic N) is 2. The van der Waals surface area contributed by atoms with Gasteiger partial charge in [0.1, 0.15) is 16.7 Å². The number of amides is 1. The van der Waals surface area contributed by atoms with E-state index in [4.69, 9.17) is 9.15 Å². The fraction of sp³-hybridized carbons (Fsp3) is 0.250. The summed E-state index contributed by atoms with van der Waals surface area (Å²) in [6, 6.07) is 14.6. The van der Waals surface area contributed by atoms with Crippen molar-refractivity contribution >= 4 is 33.6 Å². The second-order valence-corrected chi connectivity index (χ2v) is 7.13. The molecule has 0 fully saturated rings. The quantitative estimate of drug-likeness (QED) is 0.260. The molecule has 31 heavy (non-hydrogen) atoms. The minimum Gasteiger partial charge on any atom is -0.494 e. The molecule has 0 aliphatic carbocycles. The van der Waals surface area contributed by atoms with E-state index in [2.05, 4.69) is 22.2 Å². The van der Waals surface area contributed by atoms with E-state index in [0.717, 1.165) is 24.2 Å². The molecule has 2 aromatic heterocycles. The number of carbonyl (C=O) groups is 1. The number of aromatic nitrogens is 2. The van der Waals surface area contributed by atoms with Crippen LogP contribution in [0.3, 0.4) is 0 Å². The molecule has 0 aliphatic heterocycles. The zero-order valence-corrected chi connectivity index (χ0v) is 17.5. The lowest BCUT2D eigenvalue weighted by Crippen LogP contribution is -2.15. The van der Waals surface area contributed by atoms with Crippen LogP contribution < -0.4 is 15.7 Å². The van der Waals surface area contributed by atoms with Crippen molar-refractivity contribution in [3.05, 3.63) is 59.0 Å². The molecule has 0 radical (unpaired) electrons. The lowest BCUT2D eigenvalue weighted by atomic mass is 10.1. The molecule has 0 bridgehead atoms. The predicted octanol–water partition coefficient (Wildman–Crippen LogP) is 4.93. The number of benzene rings is 2. The minimum atomic E-state index is -0.591. The first kappa shape index (κ1) is 20.5. The SMILES string of the molecule is CCCCOc1ccc(-c2nc(NC(=O)CC)c3c(=O)oc4ccccc4c3n2)cc1. The molecule has 0 saturated heterocycles. The normalized spacial score (nSPS) is 11.0. The van der Waals surface area contributed by atoms with Gasteiger partial charge in [-0.1, -0.05) is 32.4 Å². The minimum absolute atomic E-state index is 0.148. The monoisotopic (exact) mass is 417 g/mol. The zero-order valence-electron chi connectivity index (χ0n) is 17.5. The summed E-state index contributed by atoms with van der Waals surface area (Å²) in [4.78, 5) is 33.9. The maximum atomic E-state index is 12.7. The second-order valence-electron chi connectivity index (χ2n) is 7.13. The molecule has 7 heteroatoms. The maximum absolute atomic E-state index is 12.7. The van der Waals surface area contributed by atoms with Gasteiger partial charge in [-0.05, 0) is 42.8 Å². The Labute approximate surface area is 179 Å². The largest absolute Gasteiger partial charge is 0.494 e. The third-order valence-corrected chi connectivity index (χ3v) is 4.92. The van der Waals surface area contributed by atoms with Gasteiger partial charge >= 0.3 is 5.63 Å². The topological polar surface area (TPSA) is 94.3 Å². The summed E-state index contributed by atoms with van der Waals surface area (Å²) >= 11 is 0. The van der Waals surface area contributed by atoms with E-state index in [9.17, 15) is 9.59 Å². The van der Waals surface area contributed by atoms with E-state index in [1.54, 1.807) is 19.1 Å². The van der Waals surface area contributed by atoms with Crippen molar-refractivity contribution in [3.63, 3.8) is 0 Å². The summed E-state index contributed by atoms with van der Waals surface area (Å²) in [7, 11) is 0. The highest BCUT2D eigenvalue weighted by molar-refractivity contribution is 6.08. The van der Waals surface area contributed by atoms with E-state index >= 15 is 0 Å². The van der Waals surface area contributed by atoms with Gasteiger partial charge in [0.2, 0.25) is 5.91 Å². The van der Waals surface area contributed by atoms with Crippen LogP contribution in [0.15, 0.2) is 57.7 Å². The number of para-hydroxylation sites is 1. The summed E-state index contributed by atoms with van der Waals surface area (Å²) in [5.41, 5.74) is 1.02. The van der Waals surface area contributed by atoms with E-state index in [0.29, 0.717) is 28.9 Å². The summed E-state index contributed by atoms with van der Waals surface area (Å²) in [6.07, 6.45) is 2.31. The summed E-state index contributed by atoms with van der Waals surface area (Å²) in [5.74, 6) is 1.06. The maximum Gasteiger partial charge on any atom is 0.349 e. The first-order valence-electron chi connectivity index (χ1n) is 10.4. The first-order chi connectivity index (χ1) is 15.1. The molecule has 4 aromatic rings. The average Bonchev–Trinajstić information content (AvgIpc) is 2.79. The van der Waals surface area contributed by atoms with Crippen LogP contribution in [-0.2, 0) is 4.79 Å². The number of fused-ring (bicyclic) bond motifs is 3. The van der Waals surface area contributed by atoms with E-state index in [-0.39, 0.29) is 23.5 Å². The van der Waals surface area contributed by atoms with Gasteiger partial charge < -0.3 is 14.5 Å². The predicted molar refractivity (Wildman–Crippen MR) is 120 cm³/mol. The number of hydrogen-bond donors (Lipinski definition) is 1. The molecule has 0 atom stereocenters. The van der Waals surface area contributed by atoms with Gasteiger partial charge in [0.15, 0.2) is 11.6 Å². The van der Waals surface area contributed by atoms with Gasteiger partial charge in [-0.2, -0.15) is 0 Å². The highest BCUT2D eigenvalue weighted by Gasteiger charge is 2.18. The van der Waals surface area contributed by atoms with Gasteiger partial charge in [-0.15, -0.1) is 0 Å². The number of ether oxygens (including phenoxy) is 1. The molecule has 2 heterocycles. The smallest absolute Gasteiger partial charge is 0.349 e. The van der Waals surface area contributed by atoms with E-state index < -0.39 is 5.63 Å². The van der Waals surface area contributed by atoms with Gasteiger partial charge in [-0.25, -0.2) is 14.8 Å². The van der Waals surface area contributed by atoms with Crippen molar-refractivity contribution in [1.82, 2.24) is 9.97 Å². The Morgan fingerprint density at radius 1 is 1.06 bits per heavy atom. The number of carbonyl (C=O) groups excluding carboxylic acids is 1. The van der Waals surface area contributed by atoms with Crippen molar-refractivity contribution in [2.24, 2.45) is 0 Å². The molecule has 0 aliphatic rings. The lowest BCUT2D eigenvalue weighted by Gasteiger charge is -2.11. The van der Waals surface area contributed by atoms with Gasteiger partial charge in [0, 0.05) is 17.4 Å². The molecule has 7 nitrogen and oxygen atoms in total. The Bertz CT molecular complexity index is 1300. The van der Waals surface area contributed by atoms with Crippen LogP contribution in [0.2, 0.25) is 0 Å². The Balaban J connectivity index is 1.86. The van der Waals surface area contributed by atoms with Crippen LogP contribution in [-0.4, -0.2) is 22.5 Å². The highest BCUT2D eigenvalue weighted by Crippen LogP contribution is 2.29. The van der Waals surface area contributed by atoms with Crippen molar-refractivity contribution in [2.45, 2.75) is 33.1 Å². The number of nitrogens with one attached hydrogen (secondary N) is 1. The number of rotatable bonds is 7. The molecule has 1 N–H and O–H groups in total. The van der Waals surface area contributed by atoms with Crippen LogP contribution in [0, 0.1) is 0 Å². The fourth-order valence-corrected chi connectivity index (χ4v) is 3.23. The number of anilines is 1. The van der Waals surface area contributed by atoms with Gasteiger partial charge in [0.05, 0.1) is 12.1 Å². The van der Waals surface area contributed by atoms with E-state index in [1.165, 1.54) is 0 Å². The van der Waals surface area contributed by atoms with Gasteiger partial charge in [-0.3, -0.25) is 4.79 Å². The summed E-state index contributed by atoms with van der Waals surface area (Å²) in [6.45, 7) is 4.51. The average molecular weight is 417 g/mol. The Morgan fingerprint density at radius 2 is 1.84 bits per heavy atom. The molecule has 4 rings (SSSR count). The van der Waals surface area contributed by atoms with Crippen molar-refractivity contribution < 1.29 is 13.9 Å². The molecular weight excluding hydrogens is 394 g/mol. The van der Waals surface area contributed by atoms with Crippen LogP contribution in [0.5, 0.6) is 5.75 Å². The molecule has 1 amide bonds. The lowest BCUT2D eigenvalue weighted by molar-refractivity contribution is -0.115. The molecule has 2 aromatic carbocycles. The first-order valence-corrected chi connectivity index (χ1v) is 10.4.